The van der Waals surface area contributed by atoms with Gasteiger partial charge < -0.3 is 10.5 Å². The van der Waals surface area contributed by atoms with Crippen molar-refractivity contribution in [2.24, 2.45) is 5.73 Å². The molecule has 0 unspecified atom stereocenters. The summed E-state index contributed by atoms with van der Waals surface area (Å²) in [5.74, 6) is 0.981. The molecule has 0 aliphatic rings. The molecule has 0 saturated carbocycles. The van der Waals surface area contributed by atoms with Crippen LogP contribution in [0.3, 0.4) is 0 Å². The van der Waals surface area contributed by atoms with E-state index in [0.717, 1.165) is 25.1 Å². The van der Waals surface area contributed by atoms with Gasteiger partial charge in [-0.25, -0.2) is 0 Å². The Hall–Kier alpha value is -1.02. The average molecular weight is 221 g/mol. The molecule has 1 aromatic carbocycles. The van der Waals surface area contributed by atoms with Crippen LogP contribution in [-0.4, -0.2) is 13.7 Å². The van der Waals surface area contributed by atoms with E-state index in [-0.39, 0.29) is 5.41 Å². The monoisotopic (exact) mass is 221 g/mol. The fraction of sp³-hybridized carbons (Fsp3) is 0.571. The van der Waals surface area contributed by atoms with Gasteiger partial charge in [0, 0.05) is 0 Å². The summed E-state index contributed by atoms with van der Waals surface area (Å²) in [6.07, 6.45) is 2.00. The lowest BCUT2D eigenvalue weighted by Gasteiger charge is -2.25. The maximum Gasteiger partial charge on any atom is 0.122 e. The van der Waals surface area contributed by atoms with Crippen LogP contribution in [0.1, 0.15) is 38.3 Å². The van der Waals surface area contributed by atoms with Crippen LogP contribution in [0.5, 0.6) is 5.75 Å². The minimum absolute atomic E-state index is 0.144. The second-order valence-electron chi connectivity index (χ2n) is 4.80. The molecule has 0 spiro atoms. The molecule has 16 heavy (non-hydrogen) atoms. The molecule has 0 aromatic heterocycles. The van der Waals surface area contributed by atoms with Crippen molar-refractivity contribution in [2.45, 2.75) is 39.0 Å². The Kier molecular flexibility index (Phi) is 4.36. The molecule has 0 bridgehead atoms. The number of ether oxygens (including phenoxy) is 1. The number of rotatable bonds is 5. The molecule has 0 radical (unpaired) electrons. The molecule has 0 saturated heterocycles. The molecule has 0 atom stereocenters. The third-order valence-corrected chi connectivity index (χ3v) is 3.21. The van der Waals surface area contributed by atoms with Gasteiger partial charge in [0.15, 0.2) is 0 Å². The summed E-state index contributed by atoms with van der Waals surface area (Å²) < 4.78 is 5.34. The third kappa shape index (κ3) is 2.76. The van der Waals surface area contributed by atoms with Crippen LogP contribution < -0.4 is 10.5 Å². The SMILES string of the molecule is CCc1cc(C(C)(C)CCN)ccc1OC. The van der Waals surface area contributed by atoms with Gasteiger partial charge in [-0.3, -0.25) is 0 Å². The molecule has 0 heterocycles. The average Bonchev–Trinajstić information content (AvgIpc) is 2.28. The number of nitrogens with two attached hydrogens (primary N) is 1. The lowest BCUT2D eigenvalue weighted by Crippen LogP contribution is -2.21. The molecule has 2 heteroatoms. The molecule has 2 N–H and O–H groups in total. The van der Waals surface area contributed by atoms with Crippen LogP contribution in [0.25, 0.3) is 0 Å². The molecule has 0 amide bonds. The summed E-state index contributed by atoms with van der Waals surface area (Å²) in [5, 5.41) is 0. The van der Waals surface area contributed by atoms with E-state index in [1.807, 2.05) is 0 Å². The maximum atomic E-state index is 5.65. The van der Waals surface area contributed by atoms with Gasteiger partial charge in [-0.2, -0.15) is 0 Å². The molecule has 1 aromatic rings. The number of aryl methyl sites for hydroxylation is 1. The molecule has 1 rings (SSSR count). The molecular weight excluding hydrogens is 198 g/mol. The number of hydrogen-bond donors (Lipinski definition) is 1. The van der Waals surface area contributed by atoms with Gasteiger partial charge in [0.1, 0.15) is 5.75 Å². The zero-order valence-electron chi connectivity index (χ0n) is 10.8. The smallest absolute Gasteiger partial charge is 0.122 e. The van der Waals surface area contributed by atoms with Crippen molar-refractivity contribution in [2.75, 3.05) is 13.7 Å². The van der Waals surface area contributed by atoms with Crippen molar-refractivity contribution in [3.63, 3.8) is 0 Å². The fourth-order valence-electron chi connectivity index (χ4n) is 1.98. The first-order valence-electron chi connectivity index (χ1n) is 5.92. The predicted molar refractivity (Wildman–Crippen MR) is 69.1 cm³/mol. The van der Waals surface area contributed by atoms with Crippen molar-refractivity contribution in [1.29, 1.82) is 0 Å². The van der Waals surface area contributed by atoms with Crippen molar-refractivity contribution < 1.29 is 4.74 Å². The first-order chi connectivity index (χ1) is 7.55. The molecule has 0 aliphatic carbocycles. The van der Waals surface area contributed by atoms with E-state index in [1.54, 1.807) is 7.11 Å². The molecular formula is C14H23NO. The fourth-order valence-corrected chi connectivity index (χ4v) is 1.98. The van der Waals surface area contributed by atoms with Crippen LogP contribution in [0.4, 0.5) is 0 Å². The Morgan fingerprint density at radius 3 is 2.50 bits per heavy atom. The van der Waals surface area contributed by atoms with Gasteiger partial charge in [-0.05, 0) is 42.0 Å². The van der Waals surface area contributed by atoms with Gasteiger partial charge in [-0.1, -0.05) is 32.9 Å². The Bertz CT molecular complexity index is 345. The quantitative estimate of drug-likeness (QED) is 0.829. The Balaban J connectivity index is 3.07. The van der Waals surface area contributed by atoms with Gasteiger partial charge >= 0.3 is 0 Å². The second-order valence-corrected chi connectivity index (χ2v) is 4.80. The van der Waals surface area contributed by atoms with E-state index in [2.05, 4.69) is 39.0 Å². The third-order valence-electron chi connectivity index (χ3n) is 3.21. The van der Waals surface area contributed by atoms with Crippen LogP contribution >= 0.6 is 0 Å². The number of methoxy groups -OCH3 is 1. The highest BCUT2D eigenvalue weighted by Crippen LogP contribution is 2.30. The zero-order valence-corrected chi connectivity index (χ0v) is 10.8. The predicted octanol–water partition coefficient (Wildman–Crippen LogP) is 2.88. The summed E-state index contributed by atoms with van der Waals surface area (Å²) in [7, 11) is 1.72. The minimum Gasteiger partial charge on any atom is -0.496 e. The number of hydrogen-bond acceptors (Lipinski definition) is 2. The summed E-state index contributed by atoms with van der Waals surface area (Å²) >= 11 is 0. The van der Waals surface area contributed by atoms with Gasteiger partial charge in [0.2, 0.25) is 0 Å². The van der Waals surface area contributed by atoms with E-state index in [0.29, 0.717) is 0 Å². The first kappa shape index (κ1) is 13.0. The zero-order chi connectivity index (χ0) is 12.2. The van der Waals surface area contributed by atoms with Crippen molar-refractivity contribution in [3.8, 4) is 5.75 Å². The van der Waals surface area contributed by atoms with Gasteiger partial charge in [0.05, 0.1) is 7.11 Å². The van der Waals surface area contributed by atoms with E-state index >= 15 is 0 Å². The normalized spacial score (nSPS) is 11.6. The Labute approximate surface area is 98.8 Å². The van der Waals surface area contributed by atoms with Crippen LogP contribution in [0.15, 0.2) is 18.2 Å². The molecule has 0 fully saturated rings. The van der Waals surface area contributed by atoms with Crippen LogP contribution in [-0.2, 0) is 11.8 Å². The molecule has 0 aliphatic heterocycles. The van der Waals surface area contributed by atoms with Crippen LogP contribution in [0.2, 0.25) is 0 Å². The minimum atomic E-state index is 0.144. The Morgan fingerprint density at radius 2 is 2.00 bits per heavy atom. The largest absolute Gasteiger partial charge is 0.496 e. The Morgan fingerprint density at radius 1 is 1.31 bits per heavy atom. The lowest BCUT2D eigenvalue weighted by molar-refractivity contribution is 0.408. The summed E-state index contributed by atoms with van der Waals surface area (Å²) in [5.41, 5.74) is 8.41. The summed E-state index contributed by atoms with van der Waals surface area (Å²) in [4.78, 5) is 0. The summed E-state index contributed by atoms with van der Waals surface area (Å²) in [6.45, 7) is 7.35. The standard InChI is InChI=1S/C14H23NO/c1-5-11-10-12(6-7-13(11)16-4)14(2,3)8-9-15/h6-7,10H,5,8-9,15H2,1-4H3. The summed E-state index contributed by atoms with van der Waals surface area (Å²) in [6, 6.07) is 6.45. The molecule has 90 valence electrons. The van der Waals surface area contributed by atoms with E-state index in [9.17, 15) is 0 Å². The number of benzene rings is 1. The van der Waals surface area contributed by atoms with Crippen molar-refractivity contribution in [1.82, 2.24) is 0 Å². The van der Waals surface area contributed by atoms with Crippen molar-refractivity contribution in [3.05, 3.63) is 29.3 Å². The van der Waals surface area contributed by atoms with Gasteiger partial charge in [-0.15, -0.1) is 0 Å². The van der Waals surface area contributed by atoms with Crippen LogP contribution in [0, 0.1) is 0 Å². The highest BCUT2D eigenvalue weighted by molar-refractivity contribution is 5.39. The highest BCUT2D eigenvalue weighted by atomic mass is 16.5. The van der Waals surface area contributed by atoms with E-state index in [4.69, 9.17) is 10.5 Å². The highest BCUT2D eigenvalue weighted by Gasteiger charge is 2.20. The van der Waals surface area contributed by atoms with E-state index < -0.39 is 0 Å². The molecule has 2 nitrogen and oxygen atoms in total. The second kappa shape index (κ2) is 5.35. The lowest BCUT2D eigenvalue weighted by atomic mass is 9.81. The van der Waals surface area contributed by atoms with Gasteiger partial charge in [0.25, 0.3) is 0 Å². The van der Waals surface area contributed by atoms with Crippen molar-refractivity contribution >= 4 is 0 Å². The topological polar surface area (TPSA) is 35.2 Å². The van der Waals surface area contributed by atoms with E-state index in [1.165, 1.54) is 11.1 Å². The first-order valence-corrected chi connectivity index (χ1v) is 5.92. The maximum absolute atomic E-state index is 5.65.